The lowest BCUT2D eigenvalue weighted by molar-refractivity contribution is -0.118. The molecular formula is C17H17FN2O. The first kappa shape index (κ1) is 13.6. The number of carbonyl (C=O) groups is 1. The Morgan fingerprint density at radius 1 is 1.24 bits per heavy atom. The van der Waals surface area contributed by atoms with E-state index < -0.39 is 0 Å². The molecule has 3 rings (SSSR count). The van der Waals surface area contributed by atoms with E-state index in [1.165, 1.54) is 11.0 Å². The van der Waals surface area contributed by atoms with Gasteiger partial charge in [-0.25, -0.2) is 4.39 Å². The van der Waals surface area contributed by atoms with Crippen molar-refractivity contribution in [1.82, 2.24) is 0 Å². The number of benzene rings is 2. The van der Waals surface area contributed by atoms with Gasteiger partial charge in [-0.05, 0) is 23.8 Å². The van der Waals surface area contributed by atoms with Crippen LogP contribution < -0.4 is 10.2 Å². The smallest absolute Gasteiger partial charge is 0.227 e. The molecule has 0 radical (unpaired) electrons. The van der Waals surface area contributed by atoms with Crippen molar-refractivity contribution in [3.8, 4) is 0 Å². The highest BCUT2D eigenvalue weighted by Crippen LogP contribution is 2.34. The largest absolute Gasteiger partial charge is 0.384 e. The third kappa shape index (κ3) is 2.61. The summed E-state index contributed by atoms with van der Waals surface area (Å²) in [6.07, 6.45) is 0.370. The van der Waals surface area contributed by atoms with Crippen molar-refractivity contribution in [2.24, 2.45) is 0 Å². The third-order valence-electron chi connectivity index (χ3n) is 3.95. The predicted molar refractivity (Wildman–Crippen MR) is 82.1 cm³/mol. The lowest BCUT2D eigenvalue weighted by Gasteiger charge is -2.20. The molecule has 0 saturated heterocycles. The molecule has 0 fully saturated rings. The van der Waals surface area contributed by atoms with Gasteiger partial charge in [0.05, 0.1) is 5.69 Å². The highest BCUT2D eigenvalue weighted by molar-refractivity contribution is 5.93. The Hall–Kier alpha value is -2.36. The summed E-state index contributed by atoms with van der Waals surface area (Å²) in [7, 11) is 1.62. The van der Waals surface area contributed by atoms with Gasteiger partial charge in [0.25, 0.3) is 0 Å². The van der Waals surface area contributed by atoms with Crippen molar-refractivity contribution in [1.29, 1.82) is 0 Å². The maximum atomic E-state index is 13.7. The van der Waals surface area contributed by atoms with Crippen LogP contribution in [0, 0.1) is 5.82 Å². The molecule has 2 aromatic carbocycles. The maximum Gasteiger partial charge on any atom is 0.227 e. The van der Waals surface area contributed by atoms with E-state index in [0.717, 1.165) is 17.8 Å². The van der Waals surface area contributed by atoms with Crippen LogP contribution in [0.5, 0.6) is 0 Å². The Morgan fingerprint density at radius 3 is 2.76 bits per heavy atom. The van der Waals surface area contributed by atoms with Crippen LogP contribution in [0.1, 0.15) is 17.9 Å². The fraction of sp³-hybridized carbons (Fsp3) is 0.235. The van der Waals surface area contributed by atoms with E-state index in [0.29, 0.717) is 12.1 Å². The SMILES string of the molecule is CN(C(=O)CC1CNc2ccccc21)c1ccccc1F. The molecule has 1 heterocycles. The summed E-state index contributed by atoms with van der Waals surface area (Å²) >= 11 is 0. The second-order valence-corrected chi connectivity index (χ2v) is 5.27. The summed E-state index contributed by atoms with van der Waals surface area (Å²) < 4.78 is 13.7. The quantitative estimate of drug-likeness (QED) is 0.937. The maximum absolute atomic E-state index is 13.7. The Labute approximate surface area is 123 Å². The number of hydrogen-bond donors (Lipinski definition) is 1. The van der Waals surface area contributed by atoms with Gasteiger partial charge in [-0.3, -0.25) is 4.79 Å². The van der Waals surface area contributed by atoms with Crippen molar-refractivity contribution >= 4 is 17.3 Å². The number of hydrogen-bond acceptors (Lipinski definition) is 2. The van der Waals surface area contributed by atoms with Crippen LogP contribution in [0.15, 0.2) is 48.5 Å². The first-order valence-corrected chi connectivity index (χ1v) is 7.00. The Kier molecular flexibility index (Phi) is 3.60. The first-order valence-electron chi connectivity index (χ1n) is 7.00. The lowest BCUT2D eigenvalue weighted by atomic mass is 9.97. The van der Waals surface area contributed by atoms with E-state index in [1.54, 1.807) is 25.2 Å². The van der Waals surface area contributed by atoms with E-state index >= 15 is 0 Å². The van der Waals surface area contributed by atoms with Crippen LogP contribution in [-0.2, 0) is 4.79 Å². The van der Waals surface area contributed by atoms with Crippen LogP contribution in [0.3, 0.4) is 0 Å². The van der Waals surface area contributed by atoms with Crippen molar-refractivity contribution in [3.05, 3.63) is 59.9 Å². The normalized spacial score (nSPS) is 16.2. The zero-order valence-electron chi connectivity index (χ0n) is 11.8. The van der Waals surface area contributed by atoms with Gasteiger partial charge in [-0.1, -0.05) is 30.3 Å². The van der Waals surface area contributed by atoms with Gasteiger partial charge in [-0.15, -0.1) is 0 Å². The van der Waals surface area contributed by atoms with Gasteiger partial charge < -0.3 is 10.2 Å². The Morgan fingerprint density at radius 2 is 1.95 bits per heavy atom. The number of amides is 1. The molecule has 1 amide bonds. The number of nitrogens with one attached hydrogen (secondary N) is 1. The van der Waals surface area contributed by atoms with Gasteiger partial charge in [0, 0.05) is 31.6 Å². The van der Waals surface area contributed by atoms with Gasteiger partial charge in [0.1, 0.15) is 5.82 Å². The minimum atomic E-state index is -0.377. The number of carbonyl (C=O) groups excluding carboxylic acids is 1. The fourth-order valence-corrected chi connectivity index (χ4v) is 2.75. The number of nitrogens with zero attached hydrogens (tertiary/aromatic N) is 1. The summed E-state index contributed by atoms with van der Waals surface area (Å²) in [4.78, 5) is 13.8. The number of fused-ring (bicyclic) bond motifs is 1. The van der Waals surface area contributed by atoms with E-state index in [-0.39, 0.29) is 17.6 Å². The number of anilines is 2. The van der Waals surface area contributed by atoms with Crippen molar-refractivity contribution < 1.29 is 9.18 Å². The molecule has 108 valence electrons. The molecule has 3 nitrogen and oxygen atoms in total. The lowest BCUT2D eigenvalue weighted by Crippen LogP contribution is -2.28. The second-order valence-electron chi connectivity index (χ2n) is 5.27. The monoisotopic (exact) mass is 284 g/mol. The molecule has 2 aromatic rings. The van der Waals surface area contributed by atoms with Crippen LogP contribution in [0.4, 0.5) is 15.8 Å². The van der Waals surface area contributed by atoms with E-state index in [9.17, 15) is 9.18 Å². The van der Waals surface area contributed by atoms with Gasteiger partial charge in [0.2, 0.25) is 5.91 Å². The molecule has 1 N–H and O–H groups in total. The summed E-state index contributed by atoms with van der Waals surface area (Å²) in [5, 5.41) is 3.30. The van der Waals surface area contributed by atoms with Crippen LogP contribution in [0.2, 0.25) is 0 Å². The van der Waals surface area contributed by atoms with Crippen LogP contribution >= 0.6 is 0 Å². The second kappa shape index (κ2) is 5.56. The number of rotatable bonds is 3. The predicted octanol–water partition coefficient (Wildman–Crippen LogP) is 3.39. The summed E-state index contributed by atoms with van der Waals surface area (Å²) in [5.74, 6) is -0.315. The first-order chi connectivity index (χ1) is 10.2. The molecule has 1 unspecified atom stereocenters. The minimum Gasteiger partial charge on any atom is -0.384 e. The summed E-state index contributed by atoms with van der Waals surface area (Å²) in [6, 6.07) is 14.3. The highest BCUT2D eigenvalue weighted by Gasteiger charge is 2.26. The van der Waals surface area contributed by atoms with Crippen molar-refractivity contribution in [3.63, 3.8) is 0 Å². The molecule has 0 saturated carbocycles. The molecular weight excluding hydrogens is 267 g/mol. The molecule has 0 spiro atoms. The number of para-hydroxylation sites is 2. The summed E-state index contributed by atoms with van der Waals surface area (Å²) in [5.41, 5.74) is 2.57. The molecule has 1 atom stereocenters. The van der Waals surface area contributed by atoms with Gasteiger partial charge in [-0.2, -0.15) is 0 Å². The molecule has 0 aliphatic carbocycles. The summed E-state index contributed by atoms with van der Waals surface area (Å²) in [6.45, 7) is 0.746. The van der Waals surface area contributed by atoms with Crippen LogP contribution in [-0.4, -0.2) is 19.5 Å². The molecule has 1 aliphatic rings. The average Bonchev–Trinajstić information content (AvgIpc) is 2.90. The van der Waals surface area contributed by atoms with Gasteiger partial charge >= 0.3 is 0 Å². The van der Waals surface area contributed by atoms with Crippen LogP contribution in [0.25, 0.3) is 0 Å². The zero-order chi connectivity index (χ0) is 14.8. The fourth-order valence-electron chi connectivity index (χ4n) is 2.75. The standard InChI is InChI=1S/C17H17FN2O/c1-20(16-9-5-3-7-14(16)18)17(21)10-12-11-19-15-8-4-2-6-13(12)15/h2-9,12,19H,10-11H2,1H3. The Balaban J connectivity index is 1.74. The van der Waals surface area contributed by atoms with Crippen molar-refractivity contribution in [2.45, 2.75) is 12.3 Å². The Bertz CT molecular complexity index is 671. The average molecular weight is 284 g/mol. The van der Waals surface area contributed by atoms with Crippen molar-refractivity contribution in [2.75, 3.05) is 23.8 Å². The van der Waals surface area contributed by atoms with E-state index in [1.807, 2.05) is 24.3 Å². The molecule has 1 aliphatic heterocycles. The molecule has 21 heavy (non-hydrogen) atoms. The van der Waals surface area contributed by atoms with E-state index in [2.05, 4.69) is 5.32 Å². The van der Waals surface area contributed by atoms with Gasteiger partial charge in [0.15, 0.2) is 0 Å². The third-order valence-corrected chi connectivity index (χ3v) is 3.95. The number of halogens is 1. The highest BCUT2D eigenvalue weighted by atomic mass is 19.1. The topological polar surface area (TPSA) is 32.3 Å². The minimum absolute atomic E-state index is 0.0800. The zero-order valence-corrected chi connectivity index (χ0v) is 11.8. The van der Waals surface area contributed by atoms with E-state index in [4.69, 9.17) is 0 Å². The molecule has 0 aromatic heterocycles. The molecule has 4 heteroatoms. The molecule has 0 bridgehead atoms.